The highest BCUT2D eigenvalue weighted by Gasteiger charge is 2.36. The maximum Gasteiger partial charge on any atom is 0.243 e. The lowest BCUT2D eigenvalue weighted by Gasteiger charge is -2.28. The third-order valence-electron chi connectivity index (χ3n) is 4.30. The van der Waals surface area contributed by atoms with Gasteiger partial charge in [0.1, 0.15) is 12.3 Å². The Morgan fingerprint density at radius 1 is 1.35 bits per heavy atom. The molecule has 0 radical (unpaired) electrons. The molecule has 7 heteroatoms. The Hall–Kier alpha value is -1.47. The van der Waals surface area contributed by atoms with E-state index >= 15 is 0 Å². The first-order chi connectivity index (χ1) is 10.9. The van der Waals surface area contributed by atoms with Gasteiger partial charge in [-0.2, -0.15) is 0 Å². The Labute approximate surface area is 138 Å². The molecule has 1 heterocycles. The fraction of sp³-hybridized carbons (Fsp3) is 0.812. The summed E-state index contributed by atoms with van der Waals surface area (Å²) in [6.07, 6.45) is 4.32. The maximum absolute atomic E-state index is 12.5. The monoisotopic (exact) mass is 326 g/mol. The topological polar surface area (TPSA) is 119 Å². The van der Waals surface area contributed by atoms with E-state index in [4.69, 9.17) is 11.5 Å². The fourth-order valence-electron chi connectivity index (χ4n) is 2.77. The number of nitrogens with two attached hydrogens (primary N) is 2. The quantitative estimate of drug-likeness (QED) is 0.399. The van der Waals surface area contributed by atoms with Crippen molar-refractivity contribution >= 4 is 18.1 Å². The van der Waals surface area contributed by atoms with Crippen LogP contribution in [0, 0.1) is 5.92 Å². The van der Waals surface area contributed by atoms with Crippen LogP contribution in [-0.4, -0.2) is 54.2 Å². The van der Waals surface area contributed by atoms with Gasteiger partial charge in [0, 0.05) is 6.54 Å². The Balaban J connectivity index is 2.63. The van der Waals surface area contributed by atoms with E-state index in [1.54, 1.807) is 4.90 Å². The van der Waals surface area contributed by atoms with E-state index < -0.39 is 18.1 Å². The highest BCUT2D eigenvalue weighted by Crippen LogP contribution is 2.19. The molecule has 0 aliphatic carbocycles. The first-order valence-corrected chi connectivity index (χ1v) is 8.44. The summed E-state index contributed by atoms with van der Waals surface area (Å²) < 4.78 is 0. The first-order valence-electron chi connectivity index (χ1n) is 8.44. The number of rotatable bonds is 9. The summed E-state index contributed by atoms with van der Waals surface area (Å²) in [7, 11) is 0. The minimum absolute atomic E-state index is 0.0144. The Kier molecular flexibility index (Phi) is 8.19. The lowest BCUT2D eigenvalue weighted by Crippen LogP contribution is -2.53. The zero-order valence-corrected chi connectivity index (χ0v) is 14.2. The summed E-state index contributed by atoms with van der Waals surface area (Å²) in [4.78, 5) is 37.5. The zero-order chi connectivity index (χ0) is 17.4. The molecule has 1 aliphatic rings. The van der Waals surface area contributed by atoms with Crippen LogP contribution in [0.5, 0.6) is 0 Å². The normalized spacial score (nSPS) is 20.4. The molecule has 132 valence electrons. The summed E-state index contributed by atoms with van der Waals surface area (Å²) in [6, 6.07) is -1.65. The summed E-state index contributed by atoms with van der Waals surface area (Å²) in [5.74, 6) is -0.441. The van der Waals surface area contributed by atoms with Crippen LogP contribution in [-0.2, 0) is 14.4 Å². The number of carbonyl (C=O) groups is 3. The Morgan fingerprint density at radius 3 is 2.61 bits per heavy atom. The lowest BCUT2D eigenvalue weighted by molar-refractivity contribution is -0.140. The second kappa shape index (κ2) is 9.62. The number of amides is 2. The average Bonchev–Trinajstić information content (AvgIpc) is 3.00. The predicted octanol–water partition coefficient (Wildman–Crippen LogP) is -0.227. The maximum atomic E-state index is 12.5. The minimum Gasteiger partial charge on any atom is -0.345 e. The molecular formula is C16H30N4O3. The van der Waals surface area contributed by atoms with Crippen molar-refractivity contribution in [2.75, 3.05) is 13.1 Å². The molecule has 2 amide bonds. The number of unbranched alkanes of at least 4 members (excludes halogenated alkanes) is 1. The SMILES string of the molecule is CC(C)C(C=O)NC(=O)[C@@H]1CCCN1C(=O)C(N)CCCCN. The van der Waals surface area contributed by atoms with Gasteiger partial charge in [0.15, 0.2) is 0 Å². The van der Waals surface area contributed by atoms with E-state index in [0.717, 1.165) is 25.5 Å². The van der Waals surface area contributed by atoms with Crippen LogP contribution in [0.25, 0.3) is 0 Å². The van der Waals surface area contributed by atoms with E-state index in [0.29, 0.717) is 25.9 Å². The van der Waals surface area contributed by atoms with E-state index in [-0.39, 0.29) is 17.7 Å². The molecule has 1 saturated heterocycles. The third kappa shape index (κ3) is 5.58. The molecule has 1 fully saturated rings. The van der Waals surface area contributed by atoms with Gasteiger partial charge in [-0.15, -0.1) is 0 Å². The summed E-state index contributed by atoms with van der Waals surface area (Å²) >= 11 is 0. The van der Waals surface area contributed by atoms with Crippen LogP contribution in [0.1, 0.15) is 46.0 Å². The van der Waals surface area contributed by atoms with Crippen molar-refractivity contribution in [2.45, 2.75) is 64.1 Å². The number of hydrogen-bond donors (Lipinski definition) is 3. The minimum atomic E-state index is -0.595. The van der Waals surface area contributed by atoms with Crippen LogP contribution in [0.3, 0.4) is 0 Å². The predicted molar refractivity (Wildman–Crippen MR) is 88.4 cm³/mol. The fourth-order valence-corrected chi connectivity index (χ4v) is 2.77. The third-order valence-corrected chi connectivity index (χ3v) is 4.30. The van der Waals surface area contributed by atoms with Gasteiger partial charge in [-0.1, -0.05) is 20.3 Å². The van der Waals surface area contributed by atoms with Crippen molar-refractivity contribution in [3.05, 3.63) is 0 Å². The van der Waals surface area contributed by atoms with Gasteiger partial charge < -0.3 is 26.5 Å². The standard InChI is InChI=1S/C16H30N4O3/c1-11(2)13(10-21)19-15(22)14-7-5-9-20(14)16(23)12(18)6-3-4-8-17/h10-14H,3-9,17-18H2,1-2H3,(H,19,22)/t12?,13?,14-/m0/s1. The number of nitrogens with zero attached hydrogens (tertiary/aromatic N) is 1. The molecule has 0 spiro atoms. The van der Waals surface area contributed by atoms with Crippen molar-refractivity contribution in [3.8, 4) is 0 Å². The van der Waals surface area contributed by atoms with E-state index in [1.165, 1.54) is 0 Å². The van der Waals surface area contributed by atoms with E-state index in [2.05, 4.69) is 5.32 Å². The summed E-state index contributed by atoms with van der Waals surface area (Å²) in [6.45, 7) is 4.85. The first kappa shape index (κ1) is 19.6. The number of nitrogens with one attached hydrogen (secondary N) is 1. The highest BCUT2D eigenvalue weighted by molar-refractivity contribution is 5.91. The number of aldehydes is 1. The molecule has 23 heavy (non-hydrogen) atoms. The van der Waals surface area contributed by atoms with Gasteiger partial charge in [-0.25, -0.2) is 0 Å². The largest absolute Gasteiger partial charge is 0.345 e. The molecule has 1 aliphatic heterocycles. The number of carbonyl (C=O) groups excluding carboxylic acids is 3. The summed E-state index contributed by atoms with van der Waals surface area (Å²) in [5.41, 5.74) is 11.4. The van der Waals surface area contributed by atoms with Crippen molar-refractivity contribution in [2.24, 2.45) is 17.4 Å². The average molecular weight is 326 g/mol. The summed E-state index contributed by atoms with van der Waals surface area (Å²) in [5, 5.41) is 2.73. The van der Waals surface area contributed by atoms with Crippen LogP contribution in [0.15, 0.2) is 0 Å². The van der Waals surface area contributed by atoms with E-state index in [9.17, 15) is 14.4 Å². The van der Waals surface area contributed by atoms with Crippen molar-refractivity contribution in [1.82, 2.24) is 10.2 Å². The van der Waals surface area contributed by atoms with E-state index in [1.807, 2.05) is 13.8 Å². The zero-order valence-electron chi connectivity index (χ0n) is 14.2. The van der Waals surface area contributed by atoms with Crippen LogP contribution in [0.2, 0.25) is 0 Å². The molecule has 0 aromatic rings. The van der Waals surface area contributed by atoms with Crippen molar-refractivity contribution in [3.63, 3.8) is 0 Å². The molecule has 0 aromatic heterocycles. The molecule has 1 rings (SSSR count). The van der Waals surface area contributed by atoms with Crippen molar-refractivity contribution < 1.29 is 14.4 Å². The van der Waals surface area contributed by atoms with Crippen LogP contribution < -0.4 is 16.8 Å². The molecule has 0 bridgehead atoms. The van der Waals surface area contributed by atoms with Gasteiger partial charge in [0.25, 0.3) is 0 Å². The Morgan fingerprint density at radius 2 is 2.04 bits per heavy atom. The number of hydrogen-bond acceptors (Lipinski definition) is 5. The van der Waals surface area contributed by atoms with Crippen LogP contribution in [0.4, 0.5) is 0 Å². The lowest BCUT2D eigenvalue weighted by atomic mass is 10.0. The molecule has 0 aromatic carbocycles. The second-order valence-corrected chi connectivity index (χ2v) is 6.50. The van der Waals surface area contributed by atoms with Gasteiger partial charge in [-0.05, 0) is 38.1 Å². The van der Waals surface area contributed by atoms with Gasteiger partial charge >= 0.3 is 0 Å². The van der Waals surface area contributed by atoms with Gasteiger partial charge in [0.2, 0.25) is 11.8 Å². The molecular weight excluding hydrogens is 296 g/mol. The molecule has 3 atom stereocenters. The highest BCUT2D eigenvalue weighted by atomic mass is 16.2. The molecule has 7 nitrogen and oxygen atoms in total. The molecule has 2 unspecified atom stereocenters. The van der Waals surface area contributed by atoms with Crippen molar-refractivity contribution in [1.29, 1.82) is 0 Å². The number of likely N-dealkylation sites (tertiary alicyclic amines) is 1. The van der Waals surface area contributed by atoms with Crippen LogP contribution >= 0.6 is 0 Å². The Bertz CT molecular complexity index is 414. The van der Waals surface area contributed by atoms with Gasteiger partial charge in [0.05, 0.1) is 12.1 Å². The molecule has 0 saturated carbocycles. The van der Waals surface area contributed by atoms with Gasteiger partial charge in [-0.3, -0.25) is 9.59 Å². The molecule has 5 N–H and O–H groups in total. The second-order valence-electron chi connectivity index (χ2n) is 6.50. The smallest absolute Gasteiger partial charge is 0.243 e.